The monoisotopic (exact) mass is 258 g/mol. The van der Waals surface area contributed by atoms with Crippen LogP contribution in [0.1, 0.15) is 16.7 Å². The minimum absolute atomic E-state index is 0.312. The van der Waals surface area contributed by atoms with Gasteiger partial charge in [-0.15, -0.1) is 0 Å². The fourth-order valence-electron chi connectivity index (χ4n) is 1.88. The van der Waals surface area contributed by atoms with Crippen molar-refractivity contribution < 1.29 is 4.74 Å². The second-order valence-corrected chi connectivity index (χ2v) is 4.47. The lowest BCUT2D eigenvalue weighted by molar-refractivity contribution is 0.379. The minimum Gasteiger partial charge on any atom is -0.467 e. The van der Waals surface area contributed by atoms with E-state index in [-0.39, 0.29) is 0 Å². The van der Waals surface area contributed by atoms with E-state index in [2.05, 4.69) is 53.2 Å². The van der Waals surface area contributed by atoms with Crippen molar-refractivity contribution in [2.24, 2.45) is 0 Å². The normalized spacial score (nSPS) is 10.4. The van der Waals surface area contributed by atoms with E-state index in [1.54, 1.807) is 14.2 Å². The Labute approximate surface area is 113 Å². The fourth-order valence-corrected chi connectivity index (χ4v) is 1.88. The lowest BCUT2D eigenvalue weighted by atomic mass is 10.0. The number of aromatic nitrogens is 3. The predicted molar refractivity (Wildman–Crippen MR) is 75.6 cm³/mol. The summed E-state index contributed by atoms with van der Waals surface area (Å²) in [6.45, 7) is 6.23. The molecule has 2 rings (SSSR count). The van der Waals surface area contributed by atoms with Gasteiger partial charge in [0.2, 0.25) is 5.95 Å². The Balaban J connectivity index is 2.61. The molecule has 5 heteroatoms. The van der Waals surface area contributed by atoms with Crippen molar-refractivity contribution in [1.82, 2.24) is 15.0 Å². The molecule has 0 amide bonds. The molecule has 100 valence electrons. The molecular weight excluding hydrogens is 240 g/mol. The highest BCUT2D eigenvalue weighted by atomic mass is 16.5. The van der Waals surface area contributed by atoms with Crippen molar-refractivity contribution in [2.45, 2.75) is 20.8 Å². The molecule has 0 radical (unpaired) electrons. The predicted octanol–water partition coefficient (Wildman–Crippen LogP) is 2.51. The van der Waals surface area contributed by atoms with Gasteiger partial charge in [0.05, 0.1) is 7.11 Å². The standard InChI is InChI=1S/C14H18N4O/c1-8-6-10(3)11(7-9(8)2)12-16-13(15-4)18-14(17-12)19-5/h6-7H,1-5H3,(H,15,16,17,18). The van der Waals surface area contributed by atoms with E-state index >= 15 is 0 Å². The van der Waals surface area contributed by atoms with Crippen LogP contribution in [-0.2, 0) is 0 Å². The maximum absolute atomic E-state index is 5.11. The molecule has 0 bridgehead atoms. The van der Waals surface area contributed by atoms with Crippen LogP contribution in [0.2, 0.25) is 0 Å². The molecule has 0 fully saturated rings. The number of anilines is 1. The Kier molecular flexibility index (Phi) is 3.64. The molecule has 0 saturated heterocycles. The molecular formula is C14H18N4O. The maximum Gasteiger partial charge on any atom is 0.321 e. The summed E-state index contributed by atoms with van der Waals surface area (Å²) in [6, 6.07) is 4.55. The van der Waals surface area contributed by atoms with Crippen molar-refractivity contribution in [2.75, 3.05) is 19.5 Å². The molecule has 0 spiro atoms. The second kappa shape index (κ2) is 5.22. The van der Waals surface area contributed by atoms with Gasteiger partial charge >= 0.3 is 6.01 Å². The number of nitrogens with one attached hydrogen (secondary N) is 1. The third kappa shape index (κ3) is 2.65. The Morgan fingerprint density at radius 2 is 1.63 bits per heavy atom. The summed E-state index contributed by atoms with van der Waals surface area (Å²) in [7, 11) is 3.32. The minimum atomic E-state index is 0.312. The molecule has 0 aliphatic heterocycles. The molecule has 0 atom stereocenters. The molecule has 2 aromatic rings. The van der Waals surface area contributed by atoms with Crippen LogP contribution in [-0.4, -0.2) is 29.1 Å². The van der Waals surface area contributed by atoms with Crippen LogP contribution in [0.3, 0.4) is 0 Å². The third-order valence-electron chi connectivity index (χ3n) is 3.10. The Morgan fingerprint density at radius 1 is 0.947 bits per heavy atom. The van der Waals surface area contributed by atoms with Crippen LogP contribution in [0.15, 0.2) is 12.1 Å². The summed E-state index contributed by atoms with van der Waals surface area (Å²) < 4.78 is 5.11. The number of hydrogen-bond acceptors (Lipinski definition) is 5. The topological polar surface area (TPSA) is 59.9 Å². The van der Waals surface area contributed by atoms with Gasteiger partial charge in [-0.05, 0) is 43.5 Å². The van der Waals surface area contributed by atoms with Crippen LogP contribution in [0.5, 0.6) is 6.01 Å². The van der Waals surface area contributed by atoms with Crippen molar-refractivity contribution >= 4 is 5.95 Å². The van der Waals surface area contributed by atoms with Gasteiger partial charge in [-0.3, -0.25) is 0 Å². The first kappa shape index (κ1) is 13.3. The number of nitrogens with zero attached hydrogens (tertiary/aromatic N) is 3. The molecule has 1 aromatic heterocycles. The Hall–Kier alpha value is -2.17. The van der Waals surface area contributed by atoms with Crippen LogP contribution >= 0.6 is 0 Å². The van der Waals surface area contributed by atoms with Gasteiger partial charge < -0.3 is 10.1 Å². The summed E-state index contributed by atoms with van der Waals surface area (Å²) in [5.41, 5.74) is 4.61. The smallest absolute Gasteiger partial charge is 0.321 e. The van der Waals surface area contributed by atoms with Gasteiger partial charge in [0.15, 0.2) is 5.82 Å². The van der Waals surface area contributed by atoms with E-state index in [1.807, 2.05) is 0 Å². The molecule has 1 heterocycles. The first-order chi connectivity index (χ1) is 9.05. The highest BCUT2D eigenvalue weighted by Crippen LogP contribution is 2.25. The van der Waals surface area contributed by atoms with E-state index in [0.717, 1.165) is 11.1 Å². The largest absolute Gasteiger partial charge is 0.467 e. The van der Waals surface area contributed by atoms with Crippen LogP contribution in [0.4, 0.5) is 5.95 Å². The van der Waals surface area contributed by atoms with Gasteiger partial charge in [-0.25, -0.2) is 0 Å². The van der Waals surface area contributed by atoms with Crippen molar-refractivity contribution in [3.8, 4) is 17.4 Å². The van der Waals surface area contributed by atoms with Gasteiger partial charge in [0, 0.05) is 12.6 Å². The molecule has 1 N–H and O–H groups in total. The van der Waals surface area contributed by atoms with Gasteiger partial charge in [0.25, 0.3) is 0 Å². The lowest BCUT2D eigenvalue weighted by Crippen LogP contribution is -2.04. The molecule has 0 saturated carbocycles. The number of ether oxygens (including phenoxy) is 1. The summed E-state index contributed by atoms with van der Waals surface area (Å²) in [4.78, 5) is 12.8. The number of aryl methyl sites for hydroxylation is 3. The van der Waals surface area contributed by atoms with E-state index in [9.17, 15) is 0 Å². The second-order valence-electron chi connectivity index (χ2n) is 4.47. The van der Waals surface area contributed by atoms with E-state index in [1.165, 1.54) is 11.1 Å². The van der Waals surface area contributed by atoms with Gasteiger partial charge in [0.1, 0.15) is 0 Å². The number of rotatable bonds is 3. The Bertz CT molecular complexity index is 588. The lowest BCUT2D eigenvalue weighted by Gasteiger charge is -2.10. The molecule has 5 nitrogen and oxygen atoms in total. The molecule has 0 aliphatic rings. The third-order valence-corrected chi connectivity index (χ3v) is 3.10. The van der Waals surface area contributed by atoms with E-state index in [4.69, 9.17) is 4.74 Å². The number of methoxy groups -OCH3 is 1. The summed E-state index contributed by atoms with van der Waals surface area (Å²) in [5, 5.41) is 2.92. The maximum atomic E-state index is 5.11. The zero-order chi connectivity index (χ0) is 14.0. The average molecular weight is 258 g/mol. The average Bonchev–Trinajstić information content (AvgIpc) is 2.42. The Morgan fingerprint density at radius 3 is 2.26 bits per heavy atom. The summed E-state index contributed by atoms with van der Waals surface area (Å²) in [5.74, 6) is 1.12. The van der Waals surface area contributed by atoms with Crippen molar-refractivity contribution in [3.05, 3.63) is 28.8 Å². The van der Waals surface area contributed by atoms with Crippen molar-refractivity contribution in [1.29, 1.82) is 0 Å². The van der Waals surface area contributed by atoms with Crippen LogP contribution in [0.25, 0.3) is 11.4 Å². The van der Waals surface area contributed by atoms with E-state index in [0.29, 0.717) is 17.8 Å². The highest BCUT2D eigenvalue weighted by molar-refractivity contribution is 5.63. The zero-order valence-electron chi connectivity index (χ0n) is 11.9. The van der Waals surface area contributed by atoms with Crippen molar-refractivity contribution in [3.63, 3.8) is 0 Å². The first-order valence-corrected chi connectivity index (χ1v) is 6.11. The van der Waals surface area contributed by atoms with E-state index < -0.39 is 0 Å². The molecule has 0 aliphatic carbocycles. The highest BCUT2D eigenvalue weighted by Gasteiger charge is 2.11. The zero-order valence-corrected chi connectivity index (χ0v) is 11.9. The van der Waals surface area contributed by atoms with Gasteiger partial charge in [-0.1, -0.05) is 6.07 Å². The quantitative estimate of drug-likeness (QED) is 0.916. The first-order valence-electron chi connectivity index (χ1n) is 6.11. The number of hydrogen-bond donors (Lipinski definition) is 1. The SMILES string of the molecule is CNc1nc(OC)nc(-c2cc(C)c(C)cc2C)n1. The summed E-state index contributed by atoms with van der Waals surface area (Å²) in [6.07, 6.45) is 0. The van der Waals surface area contributed by atoms with Gasteiger partial charge in [-0.2, -0.15) is 15.0 Å². The van der Waals surface area contributed by atoms with Crippen LogP contribution in [0, 0.1) is 20.8 Å². The molecule has 0 unspecified atom stereocenters. The number of benzene rings is 1. The fraction of sp³-hybridized carbons (Fsp3) is 0.357. The molecule has 1 aromatic carbocycles. The van der Waals surface area contributed by atoms with Crippen LogP contribution < -0.4 is 10.1 Å². The summed E-state index contributed by atoms with van der Waals surface area (Å²) >= 11 is 0. The molecule has 19 heavy (non-hydrogen) atoms.